The smallest absolute Gasteiger partial charge is 0.270 e. The highest BCUT2D eigenvalue weighted by molar-refractivity contribution is 7.89. The van der Waals surface area contributed by atoms with Crippen molar-refractivity contribution in [2.24, 2.45) is 0 Å². The highest BCUT2D eigenvalue weighted by atomic mass is 32.2. The van der Waals surface area contributed by atoms with Crippen LogP contribution >= 0.6 is 0 Å². The molecule has 2 heterocycles. The van der Waals surface area contributed by atoms with Crippen molar-refractivity contribution in [3.63, 3.8) is 0 Å². The van der Waals surface area contributed by atoms with E-state index >= 15 is 0 Å². The molecule has 0 aliphatic carbocycles. The van der Waals surface area contributed by atoms with Gasteiger partial charge in [-0.15, -0.1) is 0 Å². The molecule has 0 spiro atoms. The van der Waals surface area contributed by atoms with Crippen molar-refractivity contribution in [3.05, 3.63) is 64.2 Å². The van der Waals surface area contributed by atoms with Crippen molar-refractivity contribution in [3.8, 4) is 0 Å². The van der Waals surface area contributed by atoms with E-state index in [-0.39, 0.29) is 23.7 Å². The standard InChI is InChI=1S/C19H18FN5O4S/c1-13-2-4-15(25(26)27)11-18(13)30(28,29)24-8-6-23(7-9-24)19-16-10-14(20)3-5-17(16)21-12-22-19/h2-5,10-12H,6-9H2,1H3. The number of halogens is 1. The van der Waals surface area contributed by atoms with Gasteiger partial charge in [0.25, 0.3) is 5.69 Å². The number of nitro benzene ring substituents is 1. The van der Waals surface area contributed by atoms with E-state index in [0.29, 0.717) is 35.4 Å². The Hall–Kier alpha value is -3.18. The number of nitro groups is 1. The van der Waals surface area contributed by atoms with Gasteiger partial charge in [-0.1, -0.05) is 6.07 Å². The van der Waals surface area contributed by atoms with E-state index in [2.05, 4.69) is 9.97 Å². The summed E-state index contributed by atoms with van der Waals surface area (Å²) in [5.41, 5.74) is 0.774. The van der Waals surface area contributed by atoms with Gasteiger partial charge in [-0.25, -0.2) is 22.8 Å². The van der Waals surface area contributed by atoms with E-state index in [9.17, 15) is 22.9 Å². The van der Waals surface area contributed by atoms with Gasteiger partial charge in [-0.05, 0) is 30.7 Å². The molecule has 11 heteroatoms. The molecule has 0 atom stereocenters. The Morgan fingerprint density at radius 1 is 1.07 bits per heavy atom. The zero-order valence-corrected chi connectivity index (χ0v) is 16.8. The largest absolute Gasteiger partial charge is 0.353 e. The molecule has 1 fully saturated rings. The average Bonchev–Trinajstić information content (AvgIpc) is 2.73. The Morgan fingerprint density at radius 2 is 1.80 bits per heavy atom. The normalized spacial score (nSPS) is 15.5. The number of hydrogen-bond acceptors (Lipinski definition) is 7. The van der Waals surface area contributed by atoms with E-state index < -0.39 is 20.8 Å². The number of anilines is 1. The Morgan fingerprint density at radius 3 is 2.50 bits per heavy atom. The number of nitrogens with zero attached hydrogens (tertiary/aromatic N) is 5. The molecular weight excluding hydrogens is 413 g/mol. The third kappa shape index (κ3) is 3.57. The minimum atomic E-state index is -3.89. The van der Waals surface area contributed by atoms with Crippen molar-refractivity contribution in [2.45, 2.75) is 11.8 Å². The third-order valence-electron chi connectivity index (χ3n) is 5.11. The Balaban J connectivity index is 1.59. The van der Waals surface area contributed by atoms with Gasteiger partial charge in [-0.3, -0.25) is 10.1 Å². The van der Waals surface area contributed by atoms with E-state index in [4.69, 9.17) is 0 Å². The molecule has 0 amide bonds. The molecule has 2 aromatic carbocycles. The van der Waals surface area contributed by atoms with Gasteiger partial charge in [0.05, 0.1) is 15.3 Å². The predicted molar refractivity (Wildman–Crippen MR) is 108 cm³/mol. The molecule has 156 valence electrons. The second-order valence-corrected chi connectivity index (χ2v) is 8.86. The molecule has 4 rings (SSSR count). The molecule has 1 aliphatic heterocycles. The van der Waals surface area contributed by atoms with Crippen LogP contribution in [0.15, 0.2) is 47.6 Å². The fourth-order valence-corrected chi connectivity index (χ4v) is 5.19. The summed E-state index contributed by atoms with van der Waals surface area (Å²) in [5, 5.41) is 11.6. The summed E-state index contributed by atoms with van der Waals surface area (Å²) in [7, 11) is -3.89. The maximum atomic E-state index is 13.7. The van der Waals surface area contributed by atoms with E-state index in [1.54, 1.807) is 13.0 Å². The molecule has 30 heavy (non-hydrogen) atoms. The second kappa shape index (κ2) is 7.58. The molecule has 0 radical (unpaired) electrons. The molecule has 0 saturated carbocycles. The predicted octanol–water partition coefficient (Wildman–Crippen LogP) is 2.50. The first kappa shape index (κ1) is 20.1. The van der Waals surface area contributed by atoms with Crippen LogP contribution in [0.3, 0.4) is 0 Å². The van der Waals surface area contributed by atoms with Crippen LogP contribution in [0, 0.1) is 22.9 Å². The Labute approximate surface area is 172 Å². The number of aromatic nitrogens is 2. The fourth-order valence-electron chi connectivity index (χ4n) is 3.53. The highest BCUT2D eigenvalue weighted by Gasteiger charge is 2.31. The van der Waals surface area contributed by atoms with Gasteiger partial charge < -0.3 is 4.90 Å². The molecule has 9 nitrogen and oxygen atoms in total. The molecule has 1 aromatic heterocycles. The fraction of sp³-hybridized carbons (Fsp3) is 0.263. The van der Waals surface area contributed by atoms with Gasteiger partial charge >= 0.3 is 0 Å². The van der Waals surface area contributed by atoms with E-state index in [1.807, 2.05) is 4.90 Å². The number of sulfonamides is 1. The zero-order chi connectivity index (χ0) is 21.5. The summed E-state index contributed by atoms with van der Waals surface area (Å²) < 4.78 is 41.2. The minimum Gasteiger partial charge on any atom is -0.353 e. The van der Waals surface area contributed by atoms with Crippen LogP contribution in [0.5, 0.6) is 0 Å². The first-order chi connectivity index (χ1) is 14.3. The molecule has 0 unspecified atom stereocenters. The Bertz CT molecular complexity index is 1240. The van der Waals surface area contributed by atoms with Gasteiger partial charge in [0.1, 0.15) is 18.0 Å². The number of fused-ring (bicyclic) bond motifs is 1. The number of aryl methyl sites for hydroxylation is 1. The monoisotopic (exact) mass is 431 g/mol. The highest BCUT2D eigenvalue weighted by Crippen LogP contribution is 2.28. The first-order valence-corrected chi connectivity index (χ1v) is 10.6. The lowest BCUT2D eigenvalue weighted by molar-refractivity contribution is -0.385. The summed E-state index contributed by atoms with van der Waals surface area (Å²) in [5.74, 6) is 0.143. The molecule has 0 bridgehead atoms. The van der Waals surface area contributed by atoms with E-state index in [0.717, 1.165) is 6.07 Å². The average molecular weight is 431 g/mol. The van der Waals surface area contributed by atoms with Crippen molar-refractivity contribution >= 4 is 32.4 Å². The van der Waals surface area contributed by atoms with Crippen molar-refractivity contribution in [1.29, 1.82) is 0 Å². The third-order valence-corrected chi connectivity index (χ3v) is 7.16. The molecular formula is C19H18FN5O4S. The first-order valence-electron chi connectivity index (χ1n) is 9.18. The van der Waals surface area contributed by atoms with Crippen LogP contribution in [0.25, 0.3) is 10.9 Å². The lowest BCUT2D eigenvalue weighted by atomic mass is 10.2. The number of non-ortho nitro benzene ring substituents is 1. The quantitative estimate of drug-likeness (QED) is 0.461. The molecule has 3 aromatic rings. The number of benzene rings is 2. The van der Waals surface area contributed by atoms with Gasteiger partial charge in [-0.2, -0.15) is 4.31 Å². The van der Waals surface area contributed by atoms with Crippen LogP contribution < -0.4 is 4.90 Å². The van der Waals surface area contributed by atoms with Crippen molar-refractivity contribution in [1.82, 2.24) is 14.3 Å². The topological polar surface area (TPSA) is 110 Å². The summed E-state index contributed by atoms with van der Waals surface area (Å²) in [4.78, 5) is 20.7. The van der Waals surface area contributed by atoms with E-state index in [1.165, 1.54) is 34.9 Å². The number of hydrogen-bond donors (Lipinski definition) is 0. The van der Waals surface area contributed by atoms with Crippen LogP contribution in [0.1, 0.15) is 5.56 Å². The number of piperazine rings is 1. The van der Waals surface area contributed by atoms with Gasteiger partial charge in [0.2, 0.25) is 10.0 Å². The SMILES string of the molecule is Cc1ccc([N+](=O)[O-])cc1S(=O)(=O)N1CCN(c2ncnc3ccc(F)cc23)CC1. The van der Waals surface area contributed by atoms with Crippen LogP contribution in [0.4, 0.5) is 15.9 Å². The maximum Gasteiger partial charge on any atom is 0.270 e. The summed E-state index contributed by atoms with van der Waals surface area (Å²) in [6.07, 6.45) is 1.39. The molecule has 1 aliphatic rings. The minimum absolute atomic E-state index is 0.0697. The van der Waals surface area contributed by atoms with Crippen LogP contribution in [-0.2, 0) is 10.0 Å². The molecule has 0 N–H and O–H groups in total. The summed E-state index contributed by atoms with van der Waals surface area (Å²) in [6.45, 7) is 2.64. The second-order valence-electron chi connectivity index (χ2n) is 6.96. The van der Waals surface area contributed by atoms with Crippen LogP contribution in [0.2, 0.25) is 0 Å². The van der Waals surface area contributed by atoms with Gasteiger partial charge in [0, 0.05) is 43.7 Å². The van der Waals surface area contributed by atoms with Gasteiger partial charge in [0.15, 0.2) is 0 Å². The zero-order valence-electron chi connectivity index (χ0n) is 16.0. The lowest BCUT2D eigenvalue weighted by Crippen LogP contribution is -2.49. The Kier molecular flexibility index (Phi) is 5.08. The maximum absolute atomic E-state index is 13.7. The summed E-state index contributed by atoms with van der Waals surface area (Å²) >= 11 is 0. The van der Waals surface area contributed by atoms with Crippen LogP contribution in [-0.4, -0.2) is 53.8 Å². The van der Waals surface area contributed by atoms with Crippen molar-refractivity contribution in [2.75, 3.05) is 31.1 Å². The molecule has 1 saturated heterocycles. The number of rotatable bonds is 4. The lowest BCUT2D eigenvalue weighted by Gasteiger charge is -2.35. The summed E-state index contributed by atoms with van der Waals surface area (Å²) in [6, 6.07) is 8.07. The van der Waals surface area contributed by atoms with Crippen molar-refractivity contribution < 1.29 is 17.7 Å².